The van der Waals surface area contributed by atoms with Crippen LogP contribution in [0.3, 0.4) is 0 Å². The fourth-order valence-corrected chi connectivity index (χ4v) is 2.14. The molecule has 4 heteroatoms. The van der Waals surface area contributed by atoms with Gasteiger partial charge in [0, 0.05) is 23.3 Å². The van der Waals surface area contributed by atoms with Crippen molar-refractivity contribution in [3.8, 4) is 0 Å². The lowest BCUT2D eigenvalue weighted by Crippen LogP contribution is -2.48. The van der Waals surface area contributed by atoms with Gasteiger partial charge < -0.3 is 10.1 Å². The summed E-state index contributed by atoms with van der Waals surface area (Å²) in [5.74, 6) is 0.0631. The molecule has 0 saturated carbocycles. The second-order valence-electron chi connectivity index (χ2n) is 5.52. The van der Waals surface area contributed by atoms with Crippen molar-refractivity contribution >= 4 is 5.91 Å². The Morgan fingerprint density at radius 1 is 1.39 bits per heavy atom. The van der Waals surface area contributed by atoms with Gasteiger partial charge in [0.2, 0.25) is 5.91 Å². The number of pyridine rings is 1. The molecule has 0 bridgehead atoms. The summed E-state index contributed by atoms with van der Waals surface area (Å²) < 4.78 is 5.16. The Morgan fingerprint density at radius 2 is 2.00 bits per heavy atom. The molecule has 1 N–H and O–H groups in total. The van der Waals surface area contributed by atoms with Crippen LogP contribution in [-0.2, 0) is 16.0 Å². The van der Waals surface area contributed by atoms with Gasteiger partial charge in [-0.25, -0.2) is 0 Å². The number of carbonyl (C=O) groups is 1. The fraction of sp³-hybridized carbons (Fsp3) is 0.571. The van der Waals surface area contributed by atoms with Crippen LogP contribution >= 0.6 is 0 Å². The van der Waals surface area contributed by atoms with Crippen molar-refractivity contribution in [3.63, 3.8) is 0 Å². The van der Waals surface area contributed by atoms with Crippen LogP contribution in [0.5, 0.6) is 0 Å². The molecule has 1 saturated heterocycles. The van der Waals surface area contributed by atoms with Crippen LogP contribution < -0.4 is 5.32 Å². The van der Waals surface area contributed by atoms with Gasteiger partial charge in [0.15, 0.2) is 0 Å². The molecular weight excluding hydrogens is 228 g/mol. The maximum absolute atomic E-state index is 11.8. The van der Waals surface area contributed by atoms with E-state index in [4.69, 9.17) is 4.74 Å². The van der Waals surface area contributed by atoms with Gasteiger partial charge >= 0.3 is 0 Å². The molecule has 1 amide bonds. The number of nitrogens with zero attached hydrogens (tertiary/aromatic N) is 1. The highest BCUT2D eigenvalue weighted by molar-refractivity contribution is 5.78. The first-order valence-electron chi connectivity index (χ1n) is 6.25. The Labute approximate surface area is 108 Å². The summed E-state index contributed by atoms with van der Waals surface area (Å²) in [7, 11) is 0. The number of hydrogen-bond acceptors (Lipinski definition) is 3. The summed E-state index contributed by atoms with van der Waals surface area (Å²) in [5.41, 5.74) is 3.06. The molecule has 0 unspecified atom stereocenters. The Kier molecular flexibility index (Phi) is 3.66. The van der Waals surface area contributed by atoms with Crippen molar-refractivity contribution in [1.82, 2.24) is 10.3 Å². The Balaban J connectivity index is 1.86. The predicted octanol–water partition coefficient (Wildman–Crippen LogP) is 1.39. The fourth-order valence-electron chi connectivity index (χ4n) is 2.14. The van der Waals surface area contributed by atoms with E-state index in [2.05, 4.69) is 17.2 Å². The lowest BCUT2D eigenvalue weighted by Gasteiger charge is -2.38. The molecule has 4 nitrogen and oxygen atoms in total. The zero-order chi connectivity index (χ0) is 13.2. The molecule has 0 radical (unpaired) electrons. The third-order valence-corrected chi connectivity index (χ3v) is 3.12. The normalized spacial score (nSPS) is 17.1. The zero-order valence-corrected chi connectivity index (χ0v) is 11.2. The number of aromatic nitrogens is 1. The van der Waals surface area contributed by atoms with Gasteiger partial charge in [-0.15, -0.1) is 0 Å². The Morgan fingerprint density at radius 3 is 2.50 bits per heavy atom. The van der Waals surface area contributed by atoms with Gasteiger partial charge in [0.05, 0.1) is 19.6 Å². The molecule has 1 aromatic rings. The molecule has 0 aliphatic carbocycles. The molecule has 0 atom stereocenters. The van der Waals surface area contributed by atoms with E-state index in [-0.39, 0.29) is 11.3 Å². The molecule has 1 aliphatic rings. The topological polar surface area (TPSA) is 51.2 Å². The van der Waals surface area contributed by atoms with Crippen molar-refractivity contribution < 1.29 is 9.53 Å². The van der Waals surface area contributed by atoms with Gasteiger partial charge in [-0.1, -0.05) is 6.92 Å². The number of rotatable bonds is 4. The van der Waals surface area contributed by atoms with Crippen LogP contribution in [0.1, 0.15) is 23.9 Å². The molecule has 1 aromatic heterocycles. The molecule has 2 heterocycles. The van der Waals surface area contributed by atoms with Gasteiger partial charge in [-0.05, 0) is 31.5 Å². The molecule has 98 valence electrons. The van der Waals surface area contributed by atoms with Crippen LogP contribution in [0.4, 0.5) is 0 Å². The van der Waals surface area contributed by atoms with E-state index >= 15 is 0 Å². The van der Waals surface area contributed by atoms with E-state index < -0.39 is 0 Å². The van der Waals surface area contributed by atoms with E-state index in [1.54, 1.807) is 0 Å². The van der Waals surface area contributed by atoms with Crippen LogP contribution in [0.2, 0.25) is 0 Å². The number of carbonyl (C=O) groups excluding carboxylic acids is 1. The summed E-state index contributed by atoms with van der Waals surface area (Å²) >= 11 is 0. The maximum Gasteiger partial charge on any atom is 0.224 e. The zero-order valence-electron chi connectivity index (χ0n) is 11.2. The quantitative estimate of drug-likeness (QED) is 0.876. The molecule has 0 aromatic carbocycles. The van der Waals surface area contributed by atoms with E-state index in [9.17, 15) is 4.79 Å². The minimum atomic E-state index is 0.0631. The second kappa shape index (κ2) is 5.06. The molecular formula is C14H20N2O2. The minimum absolute atomic E-state index is 0.0631. The van der Waals surface area contributed by atoms with Gasteiger partial charge in [-0.2, -0.15) is 0 Å². The molecule has 0 spiro atoms. The molecule has 1 aliphatic heterocycles. The standard InChI is InChI=1S/C14H20N2O2/c1-10-4-12(5-11(2)16-10)6-13(17)15-7-14(3)8-18-9-14/h4-5H,6-9H2,1-3H3,(H,15,17). The van der Waals surface area contributed by atoms with E-state index in [1.165, 1.54) is 0 Å². The second-order valence-corrected chi connectivity index (χ2v) is 5.52. The number of hydrogen-bond donors (Lipinski definition) is 1. The lowest BCUT2D eigenvalue weighted by molar-refractivity contribution is -0.126. The van der Waals surface area contributed by atoms with Gasteiger partial charge in [0.25, 0.3) is 0 Å². The summed E-state index contributed by atoms with van der Waals surface area (Å²) in [6, 6.07) is 3.92. The van der Waals surface area contributed by atoms with Crippen molar-refractivity contribution in [1.29, 1.82) is 0 Å². The van der Waals surface area contributed by atoms with E-state index in [0.717, 1.165) is 30.2 Å². The number of ether oxygens (including phenoxy) is 1. The van der Waals surface area contributed by atoms with Gasteiger partial charge in [-0.3, -0.25) is 9.78 Å². The lowest BCUT2D eigenvalue weighted by atomic mass is 9.89. The van der Waals surface area contributed by atoms with Gasteiger partial charge in [0.1, 0.15) is 0 Å². The van der Waals surface area contributed by atoms with Crippen molar-refractivity contribution in [2.45, 2.75) is 27.2 Å². The predicted molar refractivity (Wildman–Crippen MR) is 69.4 cm³/mol. The Hall–Kier alpha value is -1.42. The van der Waals surface area contributed by atoms with E-state index in [0.29, 0.717) is 13.0 Å². The van der Waals surface area contributed by atoms with Crippen molar-refractivity contribution in [3.05, 3.63) is 29.1 Å². The van der Waals surface area contributed by atoms with Crippen LogP contribution in [0.15, 0.2) is 12.1 Å². The van der Waals surface area contributed by atoms with Crippen molar-refractivity contribution in [2.24, 2.45) is 5.41 Å². The third-order valence-electron chi connectivity index (χ3n) is 3.12. The van der Waals surface area contributed by atoms with Crippen molar-refractivity contribution in [2.75, 3.05) is 19.8 Å². The summed E-state index contributed by atoms with van der Waals surface area (Å²) in [6.45, 7) is 8.18. The highest BCUT2D eigenvalue weighted by Gasteiger charge is 2.33. The monoisotopic (exact) mass is 248 g/mol. The summed E-state index contributed by atoms with van der Waals surface area (Å²) in [4.78, 5) is 16.2. The Bertz CT molecular complexity index is 433. The SMILES string of the molecule is Cc1cc(CC(=O)NCC2(C)COC2)cc(C)n1. The largest absolute Gasteiger partial charge is 0.380 e. The highest BCUT2D eigenvalue weighted by Crippen LogP contribution is 2.25. The highest BCUT2D eigenvalue weighted by atomic mass is 16.5. The molecule has 1 fully saturated rings. The van der Waals surface area contributed by atoms with Crippen LogP contribution in [0.25, 0.3) is 0 Å². The number of nitrogens with one attached hydrogen (secondary N) is 1. The molecule has 18 heavy (non-hydrogen) atoms. The number of amides is 1. The first-order chi connectivity index (χ1) is 8.47. The first-order valence-corrected chi connectivity index (χ1v) is 6.25. The van der Waals surface area contributed by atoms with Crippen LogP contribution in [0, 0.1) is 19.3 Å². The average Bonchev–Trinajstić information content (AvgIpc) is 2.22. The maximum atomic E-state index is 11.8. The summed E-state index contributed by atoms with van der Waals surface area (Å²) in [5, 5.41) is 2.97. The molecule has 2 rings (SSSR count). The summed E-state index contributed by atoms with van der Waals surface area (Å²) in [6.07, 6.45) is 0.418. The van der Waals surface area contributed by atoms with Crippen LogP contribution in [-0.4, -0.2) is 30.6 Å². The first kappa shape index (κ1) is 13.0. The van der Waals surface area contributed by atoms with E-state index in [1.807, 2.05) is 26.0 Å². The minimum Gasteiger partial charge on any atom is -0.380 e. The third kappa shape index (κ3) is 3.29. The smallest absolute Gasteiger partial charge is 0.224 e. The average molecular weight is 248 g/mol. The number of aryl methyl sites for hydroxylation is 2.